The Bertz CT molecular complexity index is 803. The van der Waals surface area contributed by atoms with Gasteiger partial charge < -0.3 is 14.8 Å². The fourth-order valence-corrected chi connectivity index (χ4v) is 6.15. The van der Waals surface area contributed by atoms with Gasteiger partial charge in [-0.25, -0.2) is 0 Å². The number of alkyl halides is 1. The topological polar surface area (TPSA) is 81.7 Å². The van der Waals surface area contributed by atoms with Crippen LogP contribution in [0.4, 0.5) is 5.69 Å². The lowest BCUT2D eigenvalue weighted by atomic mass is 9.80. The number of hydrogen-bond donors (Lipinski definition) is 1. The zero-order valence-electron chi connectivity index (χ0n) is 15.9. The highest BCUT2D eigenvalue weighted by Crippen LogP contribution is 2.60. The van der Waals surface area contributed by atoms with Gasteiger partial charge in [-0.15, -0.1) is 0 Å². The van der Waals surface area contributed by atoms with E-state index in [4.69, 9.17) is 9.47 Å². The summed E-state index contributed by atoms with van der Waals surface area (Å²) in [7, 11) is 0. The Kier molecular flexibility index (Phi) is 5.21. The molecule has 6 atom stereocenters. The van der Waals surface area contributed by atoms with Gasteiger partial charge in [0.15, 0.2) is 6.61 Å². The molecule has 0 spiro atoms. The van der Waals surface area contributed by atoms with Crippen molar-refractivity contribution in [3.8, 4) is 0 Å². The minimum absolute atomic E-state index is 0.0184. The minimum Gasteiger partial charge on any atom is -0.461 e. The smallest absolute Gasteiger partial charge is 0.310 e. The summed E-state index contributed by atoms with van der Waals surface area (Å²) in [4.78, 5) is 37.2. The Hall–Kier alpha value is -1.89. The number of benzene rings is 1. The number of aryl methyl sites for hydroxylation is 2. The fraction of sp³-hybridized carbons (Fsp3) is 0.571. The van der Waals surface area contributed by atoms with Crippen LogP contribution in [0.5, 0.6) is 0 Å². The zero-order chi connectivity index (χ0) is 20.0. The molecule has 1 saturated heterocycles. The SMILES string of the molecule is CCc1cccc(CC)c1NC(=O)COC(=O)[C@@H]1[C@H]2C[C@H]3[C@H](OC(=O)[C@@H]31)[C@H]2Br. The van der Waals surface area contributed by atoms with Crippen LogP contribution in [0.15, 0.2) is 18.2 Å². The molecule has 28 heavy (non-hydrogen) atoms. The maximum atomic E-state index is 12.7. The largest absolute Gasteiger partial charge is 0.461 e. The number of amides is 1. The highest BCUT2D eigenvalue weighted by Gasteiger charge is 2.68. The van der Waals surface area contributed by atoms with Gasteiger partial charge >= 0.3 is 11.9 Å². The Balaban J connectivity index is 1.40. The summed E-state index contributed by atoms with van der Waals surface area (Å²) in [5, 5.41) is 2.89. The first kappa shape index (κ1) is 19.4. The number of hydrogen-bond acceptors (Lipinski definition) is 5. The van der Waals surface area contributed by atoms with Crippen LogP contribution in [0.2, 0.25) is 0 Å². The summed E-state index contributed by atoms with van der Waals surface area (Å²) < 4.78 is 10.7. The summed E-state index contributed by atoms with van der Waals surface area (Å²) in [6.07, 6.45) is 2.25. The third kappa shape index (κ3) is 3.04. The van der Waals surface area contributed by atoms with E-state index in [-0.39, 0.29) is 41.3 Å². The second kappa shape index (κ2) is 7.50. The number of rotatable bonds is 6. The van der Waals surface area contributed by atoms with Gasteiger partial charge in [0.05, 0.1) is 16.7 Å². The van der Waals surface area contributed by atoms with Crippen LogP contribution < -0.4 is 5.32 Å². The molecule has 4 rings (SSSR count). The molecule has 0 unspecified atom stereocenters. The Morgan fingerprint density at radius 2 is 1.89 bits per heavy atom. The number of ether oxygens (including phenoxy) is 2. The molecule has 1 aromatic carbocycles. The van der Waals surface area contributed by atoms with Crippen molar-refractivity contribution in [1.29, 1.82) is 0 Å². The molecule has 2 bridgehead atoms. The maximum Gasteiger partial charge on any atom is 0.310 e. The van der Waals surface area contributed by atoms with Crippen LogP contribution in [0.25, 0.3) is 0 Å². The Morgan fingerprint density at radius 3 is 2.54 bits per heavy atom. The second-order valence-electron chi connectivity index (χ2n) is 7.78. The van der Waals surface area contributed by atoms with E-state index in [0.29, 0.717) is 0 Å². The predicted octanol–water partition coefficient (Wildman–Crippen LogP) is 2.86. The van der Waals surface area contributed by atoms with Gasteiger partial charge in [0, 0.05) is 11.6 Å². The lowest BCUT2D eigenvalue weighted by molar-refractivity contribution is -0.157. The fourth-order valence-electron chi connectivity index (χ4n) is 5.11. The average Bonchev–Trinajstić information content (AvgIpc) is 3.30. The first-order valence-corrected chi connectivity index (χ1v) is 10.8. The summed E-state index contributed by atoms with van der Waals surface area (Å²) in [5.74, 6) is -2.00. The molecule has 1 aliphatic heterocycles. The van der Waals surface area contributed by atoms with Gasteiger partial charge in [-0.2, -0.15) is 0 Å². The molecule has 1 aromatic rings. The monoisotopic (exact) mass is 449 g/mol. The quantitative estimate of drug-likeness (QED) is 0.533. The van der Waals surface area contributed by atoms with E-state index < -0.39 is 17.8 Å². The summed E-state index contributed by atoms with van der Waals surface area (Å²) in [6, 6.07) is 5.94. The molecule has 3 aliphatic rings. The predicted molar refractivity (Wildman–Crippen MR) is 106 cm³/mol. The van der Waals surface area contributed by atoms with E-state index in [9.17, 15) is 14.4 Å². The average molecular weight is 450 g/mol. The van der Waals surface area contributed by atoms with E-state index >= 15 is 0 Å². The van der Waals surface area contributed by atoms with Crippen molar-refractivity contribution in [2.75, 3.05) is 11.9 Å². The molecule has 7 heteroatoms. The summed E-state index contributed by atoms with van der Waals surface area (Å²) in [5.41, 5.74) is 2.90. The molecule has 0 aromatic heterocycles. The highest BCUT2D eigenvalue weighted by molar-refractivity contribution is 9.09. The third-order valence-corrected chi connectivity index (χ3v) is 7.60. The van der Waals surface area contributed by atoms with E-state index in [1.165, 1.54) is 0 Å². The van der Waals surface area contributed by atoms with Crippen LogP contribution in [0.3, 0.4) is 0 Å². The van der Waals surface area contributed by atoms with E-state index in [2.05, 4.69) is 21.2 Å². The number of nitrogens with one attached hydrogen (secondary N) is 1. The first-order chi connectivity index (χ1) is 13.5. The van der Waals surface area contributed by atoms with Crippen molar-refractivity contribution in [2.45, 2.75) is 44.0 Å². The number of carbonyl (C=O) groups is 3. The van der Waals surface area contributed by atoms with E-state index in [1.807, 2.05) is 32.0 Å². The van der Waals surface area contributed by atoms with E-state index in [1.54, 1.807) is 0 Å². The number of para-hydroxylation sites is 1. The van der Waals surface area contributed by atoms with Crippen LogP contribution >= 0.6 is 15.9 Å². The van der Waals surface area contributed by atoms with Gasteiger partial charge in [0.25, 0.3) is 5.91 Å². The second-order valence-corrected chi connectivity index (χ2v) is 8.83. The van der Waals surface area contributed by atoms with Gasteiger partial charge in [-0.1, -0.05) is 48.0 Å². The van der Waals surface area contributed by atoms with Gasteiger partial charge in [0.2, 0.25) is 0 Å². The van der Waals surface area contributed by atoms with Crippen LogP contribution in [0.1, 0.15) is 31.4 Å². The van der Waals surface area contributed by atoms with Crippen LogP contribution in [0, 0.1) is 23.7 Å². The van der Waals surface area contributed by atoms with Gasteiger partial charge in [-0.05, 0) is 36.3 Å². The minimum atomic E-state index is -0.525. The summed E-state index contributed by atoms with van der Waals surface area (Å²) >= 11 is 3.58. The highest BCUT2D eigenvalue weighted by atomic mass is 79.9. The van der Waals surface area contributed by atoms with Crippen molar-refractivity contribution < 1.29 is 23.9 Å². The van der Waals surface area contributed by atoms with Crippen molar-refractivity contribution in [2.24, 2.45) is 23.7 Å². The summed E-state index contributed by atoms with van der Waals surface area (Å²) in [6.45, 7) is 3.71. The molecule has 0 radical (unpaired) electrons. The molecule has 150 valence electrons. The molecular formula is C21H24BrNO5. The van der Waals surface area contributed by atoms with Crippen LogP contribution in [-0.4, -0.2) is 35.4 Å². The molecule has 1 heterocycles. The molecule has 2 aliphatic carbocycles. The number of halogens is 1. The number of anilines is 1. The Labute approximate surface area is 172 Å². The molecule has 3 fully saturated rings. The lowest BCUT2D eigenvalue weighted by Crippen LogP contribution is -2.39. The molecule has 2 saturated carbocycles. The zero-order valence-corrected chi connectivity index (χ0v) is 17.5. The lowest BCUT2D eigenvalue weighted by Gasteiger charge is -2.26. The molecule has 1 amide bonds. The normalized spacial score (nSPS) is 32.3. The van der Waals surface area contributed by atoms with Crippen LogP contribution in [-0.2, 0) is 36.7 Å². The third-order valence-electron chi connectivity index (χ3n) is 6.40. The molecule has 6 nitrogen and oxygen atoms in total. The standard InChI is InChI=1S/C21H24BrNO5/c1-3-10-6-5-7-11(4-2)18(10)23-14(24)9-27-20(25)15-12-8-13-16(15)21(26)28-19(13)17(12)22/h5-7,12-13,15-17,19H,3-4,8-9H2,1-2H3,(H,23,24)/t12-,13-,15-,16+,17+,19+/m1/s1. The molecule has 1 N–H and O–H groups in total. The number of fused-ring (bicyclic) bond motifs is 1. The number of esters is 2. The van der Waals surface area contributed by atoms with Crippen molar-refractivity contribution >= 4 is 39.5 Å². The van der Waals surface area contributed by atoms with Gasteiger partial charge in [0.1, 0.15) is 6.10 Å². The maximum absolute atomic E-state index is 12.7. The van der Waals surface area contributed by atoms with Gasteiger partial charge in [-0.3, -0.25) is 14.4 Å². The van der Waals surface area contributed by atoms with Crippen molar-refractivity contribution in [3.05, 3.63) is 29.3 Å². The number of carbonyl (C=O) groups excluding carboxylic acids is 3. The Morgan fingerprint density at radius 1 is 1.21 bits per heavy atom. The molecular weight excluding hydrogens is 426 g/mol. The van der Waals surface area contributed by atoms with Crippen molar-refractivity contribution in [3.63, 3.8) is 0 Å². The first-order valence-electron chi connectivity index (χ1n) is 9.88. The van der Waals surface area contributed by atoms with Crippen molar-refractivity contribution in [1.82, 2.24) is 0 Å². The van der Waals surface area contributed by atoms with E-state index in [0.717, 1.165) is 36.1 Å².